The zero-order valence-corrected chi connectivity index (χ0v) is 60.2. The van der Waals surface area contributed by atoms with Crippen molar-refractivity contribution in [2.45, 2.75) is 30.5 Å². The zero-order valence-electron chi connectivity index (χ0n) is 57.2. The summed E-state index contributed by atoms with van der Waals surface area (Å²) in [5, 5.41) is 29.1. The van der Waals surface area contributed by atoms with Crippen LogP contribution in [0.5, 0.6) is 17.6 Å². The van der Waals surface area contributed by atoms with Gasteiger partial charge in [0.15, 0.2) is 5.69 Å². The second-order valence-electron chi connectivity index (χ2n) is 23.7. The lowest BCUT2D eigenvalue weighted by molar-refractivity contribution is -0.114. The molecule has 18 nitrogen and oxygen atoms in total. The lowest BCUT2D eigenvalue weighted by Crippen LogP contribution is -2.38. The van der Waals surface area contributed by atoms with E-state index in [0.29, 0.717) is 44.5 Å². The van der Waals surface area contributed by atoms with Gasteiger partial charge in [0.05, 0.1) is 43.3 Å². The molecule has 9 aromatic carbocycles. The largest absolute Gasteiger partial charge is 0.479 e. The molecule has 15 aromatic rings. The molecule has 0 aliphatic heterocycles. The summed E-state index contributed by atoms with van der Waals surface area (Å²) in [6, 6.07) is 96.3. The van der Waals surface area contributed by atoms with Crippen molar-refractivity contribution in [2.75, 3.05) is 32.4 Å². The van der Waals surface area contributed by atoms with Crippen molar-refractivity contribution >= 4 is 108 Å². The zero-order chi connectivity index (χ0) is 73.8. The van der Waals surface area contributed by atoms with Crippen LogP contribution in [-0.2, 0) is 26.2 Å². The number of fused-ring (bicyclic) bond motifs is 3. The molecule has 0 bridgehead atoms. The van der Waals surface area contributed by atoms with Gasteiger partial charge in [0.1, 0.15) is 54.5 Å². The topological polar surface area (TPSA) is 229 Å². The van der Waals surface area contributed by atoms with Crippen LogP contribution < -0.4 is 25.3 Å². The van der Waals surface area contributed by atoms with E-state index in [1.807, 2.05) is 210 Å². The number of hydrogen-bond acceptors (Lipinski definition) is 13. The third kappa shape index (κ3) is 14.0. The molecular formula is C83H67Cl4N11O7. The number of carbonyl (C=O) groups excluding carboxylic acids is 2. The molecule has 4 N–H and O–H groups in total. The molecule has 6 heterocycles. The van der Waals surface area contributed by atoms with Crippen molar-refractivity contribution < 1.29 is 33.7 Å². The van der Waals surface area contributed by atoms with E-state index in [1.54, 1.807) is 37.1 Å². The van der Waals surface area contributed by atoms with Gasteiger partial charge in [0.2, 0.25) is 28.8 Å². The fraction of sp³-hybridized carbons (Fsp3) is 0.0964. The number of rotatable bonds is 17. The number of carbonyl (C=O) groups is 3. The van der Waals surface area contributed by atoms with Crippen LogP contribution >= 0.6 is 46.4 Å². The number of pyridine rings is 3. The molecule has 524 valence electrons. The molecule has 0 spiro atoms. The number of halogens is 4. The van der Waals surface area contributed by atoms with E-state index >= 15 is 0 Å². The number of amides is 1. The minimum atomic E-state index is -1.21. The molecule has 0 atom stereocenters. The highest BCUT2D eigenvalue weighted by Gasteiger charge is 2.45. The summed E-state index contributed by atoms with van der Waals surface area (Å²) in [5.74, 6) is -0.0195. The fourth-order valence-corrected chi connectivity index (χ4v) is 14.1. The molecule has 0 aliphatic carbocycles. The van der Waals surface area contributed by atoms with E-state index in [1.165, 1.54) is 21.0 Å². The molecular weight excluding hydrogens is 1400 g/mol. The number of anilines is 2. The van der Waals surface area contributed by atoms with E-state index < -0.39 is 22.6 Å². The monoisotopic (exact) mass is 1470 g/mol. The van der Waals surface area contributed by atoms with Gasteiger partial charge in [-0.15, -0.1) is 15.3 Å². The highest BCUT2D eigenvalue weighted by molar-refractivity contribution is 6.62. The number of nitrogen functional groups attached to an aromatic ring is 1. The molecule has 22 heteroatoms. The molecule has 1 amide bonds. The van der Waals surface area contributed by atoms with Crippen LogP contribution in [-0.4, -0.2) is 87.8 Å². The molecule has 15 rings (SSSR count). The molecule has 6 aromatic heterocycles. The summed E-state index contributed by atoms with van der Waals surface area (Å²) >= 11 is 23.8. The van der Waals surface area contributed by atoms with Crippen LogP contribution in [0.4, 0.5) is 11.6 Å². The first-order valence-electron chi connectivity index (χ1n) is 32.9. The summed E-state index contributed by atoms with van der Waals surface area (Å²) in [5.41, 5.74) is 14.2. The SMILES string of the molecule is CC(=O)Cl.COc1nn(C(c2ccccc2)(c2ccccc2)c2ccccc2)c2cc(Cl)nc(C(=O)O)c12.COc1nn(C(c2ccccc2)(c2ccccc2)c2ccccc2)c2cc(Cl)nc(N)c12.COc1nn(C(c2ccccc2)(c2ccccc2)c2ccccc2)c2cc(Cl)nc(NC(C)=O)c12. The number of aromatic nitrogens is 9. The van der Waals surface area contributed by atoms with E-state index in [0.717, 1.165) is 55.6 Å². The molecule has 0 unspecified atom stereocenters. The van der Waals surface area contributed by atoms with E-state index in [4.69, 9.17) is 70.0 Å². The number of ether oxygens (including phenoxy) is 3. The first-order valence-corrected chi connectivity index (χ1v) is 34.4. The maximum Gasteiger partial charge on any atom is 0.355 e. The summed E-state index contributed by atoms with van der Waals surface area (Å²) in [4.78, 5) is 45.9. The predicted octanol–water partition coefficient (Wildman–Crippen LogP) is 17.8. The van der Waals surface area contributed by atoms with Crippen molar-refractivity contribution in [3.05, 3.63) is 362 Å². The minimum absolute atomic E-state index is 0.0526. The summed E-state index contributed by atoms with van der Waals surface area (Å²) < 4.78 is 22.6. The van der Waals surface area contributed by atoms with Crippen molar-refractivity contribution in [3.8, 4) is 17.6 Å². The van der Waals surface area contributed by atoms with Crippen LogP contribution in [0.15, 0.2) is 291 Å². The van der Waals surface area contributed by atoms with Crippen molar-refractivity contribution in [1.82, 2.24) is 44.3 Å². The van der Waals surface area contributed by atoms with Gasteiger partial charge < -0.3 is 30.4 Å². The second-order valence-corrected chi connectivity index (χ2v) is 25.4. The summed E-state index contributed by atoms with van der Waals surface area (Å²) in [6.07, 6.45) is 0. The Bertz CT molecular complexity index is 5230. The number of nitrogens with two attached hydrogens (primary N) is 1. The standard InChI is InChI=1S/C28H23ClN4O2.C27H20ClN3O3.C26H21ClN4O.C2H3ClO/c1-19(34)30-26-25-23(18-24(29)31-26)33(32-27(25)35-2)28(20-12-6-3-7-13-20,21-14-8-4-9-15-21)22-16-10-5-11-17-22;1-34-25-23-21(17-22(28)29-24(23)26(32)33)31(30-25)27(18-11-5-2-6-12-18,19-13-7-3-8-14-19)20-15-9-4-10-16-20;1-32-25-23-21(17-22(27)29-24(23)28)31(30-25)26(18-11-5-2-6-12-18,19-13-7-3-8-14-19)20-15-9-4-10-16-20;1-2(3)4/h3-18H,1-2H3,(H,30,31,34);2-17H,1H3,(H,32,33);2-17H,1H3,(H2,28,29);1H3. The Morgan fingerprint density at radius 1 is 0.381 bits per heavy atom. The molecule has 105 heavy (non-hydrogen) atoms. The number of carboxylic acid groups (broad SMARTS) is 1. The van der Waals surface area contributed by atoms with Crippen LogP contribution in [0.2, 0.25) is 15.5 Å². The Morgan fingerprint density at radius 2 is 0.610 bits per heavy atom. The highest BCUT2D eigenvalue weighted by atomic mass is 35.5. The number of aromatic carboxylic acids is 1. The van der Waals surface area contributed by atoms with E-state index in [9.17, 15) is 19.5 Å². The summed E-state index contributed by atoms with van der Waals surface area (Å²) in [6.45, 7) is 2.72. The maximum atomic E-state index is 12.1. The first-order chi connectivity index (χ1) is 51.0. The van der Waals surface area contributed by atoms with Crippen molar-refractivity contribution in [2.24, 2.45) is 0 Å². The van der Waals surface area contributed by atoms with Gasteiger partial charge in [-0.05, 0) is 61.7 Å². The van der Waals surface area contributed by atoms with Gasteiger partial charge in [0, 0.05) is 32.0 Å². The third-order valence-electron chi connectivity index (χ3n) is 17.6. The maximum absolute atomic E-state index is 12.1. The highest BCUT2D eigenvalue weighted by Crippen LogP contribution is 2.49. The Kier molecular flexibility index (Phi) is 22.1. The number of nitrogens with zero attached hydrogens (tertiary/aromatic N) is 9. The van der Waals surface area contributed by atoms with Gasteiger partial charge in [0.25, 0.3) is 0 Å². The fourth-order valence-electron chi connectivity index (χ4n) is 13.6. The Balaban J connectivity index is 0.000000144. The van der Waals surface area contributed by atoms with Gasteiger partial charge in [-0.25, -0.2) is 33.8 Å². The molecule has 0 radical (unpaired) electrons. The molecule has 0 aliphatic rings. The third-order valence-corrected chi connectivity index (χ3v) is 18.2. The number of carboxylic acids is 1. The molecule has 0 saturated carbocycles. The van der Waals surface area contributed by atoms with Crippen molar-refractivity contribution in [3.63, 3.8) is 0 Å². The van der Waals surface area contributed by atoms with E-state index in [-0.39, 0.29) is 44.2 Å². The average Bonchev–Trinajstić information content (AvgIpc) is 1.69. The minimum Gasteiger partial charge on any atom is -0.479 e. The van der Waals surface area contributed by atoms with Crippen LogP contribution in [0.1, 0.15) is 74.4 Å². The normalized spacial score (nSPS) is 11.3. The Labute approximate surface area is 624 Å². The van der Waals surface area contributed by atoms with Crippen LogP contribution in [0.3, 0.4) is 0 Å². The van der Waals surface area contributed by atoms with Gasteiger partial charge >= 0.3 is 5.97 Å². The first kappa shape index (κ1) is 72.6. The lowest BCUT2D eigenvalue weighted by Gasteiger charge is -2.36. The number of nitrogens with one attached hydrogen (secondary N) is 1. The second kappa shape index (κ2) is 32.0. The van der Waals surface area contributed by atoms with Crippen LogP contribution in [0.25, 0.3) is 32.7 Å². The molecule has 0 saturated heterocycles. The number of methoxy groups -OCH3 is 3. The average molecular weight is 1470 g/mol. The molecule has 0 fully saturated rings. The number of benzene rings is 9. The lowest BCUT2D eigenvalue weighted by atomic mass is 9.77. The quantitative estimate of drug-likeness (QED) is 0.0438. The smallest absolute Gasteiger partial charge is 0.355 e. The Hall–Kier alpha value is -12.2. The van der Waals surface area contributed by atoms with Gasteiger partial charge in [-0.3, -0.25) is 9.59 Å². The van der Waals surface area contributed by atoms with Gasteiger partial charge in [-0.2, -0.15) is 0 Å². The number of hydrogen-bond donors (Lipinski definition) is 3. The van der Waals surface area contributed by atoms with Crippen molar-refractivity contribution in [1.29, 1.82) is 0 Å². The predicted molar refractivity (Wildman–Crippen MR) is 413 cm³/mol. The Morgan fingerprint density at radius 3 is 0.867 bits per heavy atom. The van der Waals surface area contributed by atoms with E-state index in [2.05, 4.69) is 105 Å². The van der Waals surface area contributed by atoms with Crippen LogP contribution in [0, 0.1) is 0 Å². The summed E-state index contributed by atoms with van der Waals surface area (Å²) in [7, 11) is 4.59. The van der Waals surface area contributed by atoms with Gasteiger partial charge in [-0.1, -0.05) is 308 Å².